The van der Waals surface area contributed by atoms with Gasteiger partial charge in [-0.05, 0) is 44.3 Å². The van der Waals surface area contributed by atoms with Crippen molar-refractivity contribution in [1.29, 1.82) is 0 Å². The fourth-order valence-corrected chi connectivity index (χ4v) is 3.27. The molecule has 1 saturated heterocycles. The maximum Gasteiger partial charge on any atom is 0.387 e. The number of carbonyl (C=O) groups is 1. The fourth-order valence-electron chi connectivity index (χ4n) is 2.41. The van der Waals surface area contributed by atoms with Gasteiger partial charge in [-0.25, -0.2) is 0 Å². The Balaban J connectivity index is 1.99. The molecule has 0 aliphatic carbocycles. The zero-order valence-corrected chi connectivity index (χ0v) is 13.0. The Morgan fingerprint density at radius 3 is 2.81 bits per heavy atom. The average molecular weight is 318 g/mol. The third-order valence-electron chi connectivity index (χ3n) is 3.73. The predicted octanol–water partition coefficient (Wildman–Crippen LogP) is 2.78. The summed E-state index contributed by atoms with van der Waals surface area (Å²) in [6.07, 6.45) is 1.97. The molecule has 1 aliphatic heterocycles. The Morgan fingerprint density at radius 2 is 2.19 bits per heavy atom. The van der Waals surface area contributed by atoms with Crippen LogP contribution in [0.15, 0.2) is 6.07 Å². The summed E-state index contributed by atoms with van der Waals surface area (Å²) < 4.78 is 29.1. The van der Waals surface area contributed by atoms with Crippen LogP contribution in [0.3, 0.4) is 0 Å². The Bertz CT molecular complexity index is 499. The van der Waals surface area contributed by atoms with Crippen LogP contribution in [0.4, 0.5) is 8.78 Å². The summed E-state index contributed by atoms with van der Waals surface area (Å²) in [7, 11) is 0. The second-order valence-electron chi connectivity index (χ2n) is 5.67. The minimum atomic E-state index is -2.92. The van der Waals surface area contributed by atoms with Gasteiger partial charge in [-0.1, -0.05) is 6.92 Å². The number of thiophene rings is 1. The highest BCUT2D eigenvalue weighted by atomic mass is 32.1. The highest BCUT2D eigenvalue weighted by molar-refractivity contribution is 7.14. The number of alkyl halides is 2. The molecule has 0 unspecified atom stereocenters. The molecule has 2 heterocycles. The maximum absolute atomic E-state index is 12.4. The van der Waals surface area contributed by atoms with Crippen LogP contribution in [0.1, 0.15) is 34.3 Å². The lowest BCUT2D eigenvalue weighted by atomic mass is 9.81. The van der Waals surface area contributed by atoms with Gasteiger partial charge in [0.1, 0.15) is 10.6 Å². The monoisotopic (exact) mass is 318 g/mol. The number of aryl methyl sites for hydroxylation is 1. The van der Waals surface area contributed by atoms with Gasteiger partial charge >= 0.3 is 6.61 Å². The van der Waals surface area contributed by atoms with Crippen molar-refractivity contribution in [2.75, 3.05) is 19.6 Å². The molecule has 2 rings (SSSR count). The average Bonchev–Trinajstić information content (AvgIpc) is 2.77. The van der Waals surface area contributed by atoms with Crippen LogP contribution < -0.4 is 15.4 Å². The minimum absolute atomic E-state index is 0.0412. The summed E-state index contributed by atoms with van der Waals surface area (Å²) in [6.45, 7) is 3.37. The van der Waals surface area contributed by atoms with E-state index in [2.05, 4.69) is 22.3 Å². The van der Waals surface area contributed by atoms with Crippen molar-refractivity contribution in [2.45, 2.75) is 33.3 Å². The first-order valence-electron chi connectivity index (χ1n) is 6.94. The first-order valence-corrected chi connectivity index (χ1v) is 7.75. The van der Waals surface area contributed by atoms with E-state index in [4.69, 9.17) is 0 Å². The van der Waals surface area contributed by atoms with E-state index in [1.165, 1.54) is 17.4 Å². The van der Waals surface area contributed by atoms with E-state index in [1.807, 2.05) is 0 Å². The standard InChI is InChI=1S/C14H20F2N2O2S/c1-9-7-10(20-13(15)16)11(21-9)12(19)18-8-14(2)3-5-17-6-4-14/h7,13,17H,3-6,8H2,1-2H3,(H,18,19). The molecule has 0 saturated carbocycles. The predicted molar refractivity (Wildman–Crippen MR) is 78.2 cm³/mol. The van der Waals surface area contributed by atoms with Crippen LogP contribution in [0, 0.1) is 12.3 Å². The molecule has 1 aromatic heterocycles. The Hall–Kier alpha value is -1.21. The Kier molecular flexibility index (Phi) is 5.16. The topological polar surface area (TPSA) is 50.4 Å². The number of rotatable bonds is 5. The normalized spacial score (nSPS) is 17.8. The van der Waals surface area contributed by atoms with Crippen LogP contribution in [-0.2, 0) is 0 Å². The number of ether oxygens (including phenoxy) is 1. The van der Waals surface area contributed by atoms with E-state index in [0.717, 1.165) is 30.8 Å². The summed E-state index contributed by atoms with van der Waals surface area (Å²) >= 11 is 1.17. The van der Waals surface area contributed by atoms with Crippen LogP contribution in [-0.4, -0.2) is 32.2 Å². The molecule has 0 atom stereocenters. The van der Waals surface area contributed by atoms with E-state index in [1.54, 1.807) is 6.92 Å². The van der Waals surface area contributed by atoms with Crippen LogP contribution in [0.25, 0.3) is 0 Å². The molecule has 0 radical (unpaired) electrons. The molecule has 118 valence electrons. The van der Waals surface area contributed by atoms with E-state index in [-0.39, 0.29) is 21.9 Å². The molecule has 4 nitrogen and oxygen atoms in total. The van der Waals surface area contributed by atoms with Gasteiger partial charge in [-0.15, -0.1) is 11.3 Å². The van der Waals surface area contributed by atoms with Crippen molar-refractivity contribution in [3.63, 3.8) is 0 Å². The lowest BCUT2D eigenvalue weighted by Crippen LogP contribution is -2.42. The number of carbonyl (C=O) groups excluding carboxylic acids is 1. The first kappa shape index (κ1) is 16.2. The van der Waals surface area contributed by atoms with Gasteiger partial charge < -0.3 is 15.4 Å². The van der Waals surface area contributed by atoms with Crippen molar-refractivity contribution in [1.82, 2.24) is 10.6 Å². The second-order valence-corrected chi connectivity index (χ2v) is 6.93. The van der Waals surface area contributed by atoms with Gasteiger partial charge in [0.15, 0.2) is 0 Å². The Labute approximate surface area is 126 Å². The first-order chi connectivity index (χ1) is 9.89. The molecule has 1 aliphatic rings. The van der Waals surface area contributed by atoms with E-state index < -0.39 is 6.61 Å². The molecule has 0 spiro atoms. The van der Waals surface area contributed by atoms with E-state index in [0.29, 0.717) is 6.54 Å². The summed E-state index contributed by atoms with van der Waals surface area (Å²) in [6, 6.07) is 1.47. The van der Waals surface area contributed by atoms with Gasteiger partial charge in [0.25, 0.3) is 5.91 Å². The zero-order chi connectivity index (χ0) is 15.5. The minimum Gasteiger partial charge on any atom is -0.433 e. The van der Waals surface area contributed by atoms with Crippen LogP contribution in [0.5, 0.6) is 5.75 Å². The quantitative estimate of drug-likeness (QED) is 0.878. The number of nitrogens with one attached hydrogen (secondary N) is 2. The third kappa shape index (κ3) is 4.38. The molecule has 0 bridgehead atoms. The van der Waals surface area contributed by atoms with Crippen molar-refractivity contribution in [2.24, 2.45) is 5.41 Å². The fraction of sp³-hybridized carbons (Fsp3) is 0.643. The van der Waals surface area contributed by atoms with Crippen LogP contribution in [0.2, 0.25) is 0 Å². The summed E-state index contributed by atoms with van der Waals surface area (Å²) in [5, 5.41) is 6.13. The number of halogens is 2. The molecule has 0 aromatic carbocycles. The van der Waals surface area contributed by atoms with Crippen molar-refractivity contribution >= 4 is 17.2 Å². The summed E-state index contributed by atoms with van der Waals surface area (Å²) in [4.78, 5) is 13.2. The summed E-state index contributed by atoms with van der Waals surface area (Å²) in [5.41, 5.74) is 0.0525. The molecule has 1 amide bonds. The van der Waals surface area contributed by atoms with Gasteiger partial charge in [-0.2, -0.15) is 8.78 Å². The van der Waals surface area contributed by atoms with Crippen LogP contribution >= 0.6 is 11.3 Å². The summed E-state index contributed by atoms with van der Waals surface area (Å²) in [5.74, 6) is -0.385. The number of hydrogen-bond acceptors (Lipinski definition) is 4. The highest BCUT2D eigenvalue weighted by Crippen LogP contribution is 2.31. The lowest BCUT2D eigenvalue weighted by molar-refractivity contribution is -0.0498. The molecule has 1 fully saturated rings. The molecule has 7 heteroatoms. The number of amides is 1. The molecular weight excluding hydrogens is 298 g/mol. The van der Waals surface area contributed by atoms with Gasteiger partial charge in [0, 0.05) is 11.4 Å². The maximum atomic E-state index is 12.4. The smallest absolute Gasteiger partial charge is 0.387 e. The third-order valence-corrected chi connectivity index (χ3v) is 4.76. The molecule has 21 heavy (non-hydrogen) atoms. The molecule has 2 N–H and O–H groups in total. The number of hydrogen-bond donors (Lipinski definition) is 2. The van der Waals surface area contributed by atoms with E-state index >= 15 is 0 Å². The lowest BCUT2D eigenvalue weighted by Gasteiger charge is -2.34. The van der Waals surface area contributed by atoms with E-state index in [9.17, 15) is 13.6 Å². The second kappa shape index (κ2) is 6.70. The number of piperidine rings is 1. The highest BCUT2D eigenvalue weighted by Gasteiger charge is 2.28. The van der Waals surface area contributed by atoms with Gasteiger partial charge in [0.2, 0.25) is 0 Å². The zero-order valence-electron chi connectivity index (χ0n) is 12.2. The van der Waals surface area contributed by atoms with Crippen molar-refractivity contribution in [3.05, 3.63) is 15.8 Å². The van der Waals surface area contributed by atoms with Gasteiger partial charge in [-0.3, -0.25) is 4.79 Å². The Morgan fingerprint density at radius 1 is 1.52 bits per heavy atom. The van der Waals surface area contributed by atoms with Gasteiger partial charge in [0.05, 0.1) is 0 Å². The molecule has 1 aromatic rings. The SMILES string of the molecule is Cc1cc(OC(F)F)c(C(=O)NCC2(C)CCNCC2)s1. The largest absolute Gasteiger partial charge is 0.433 e. The van der Waals surface area contributed by atoms with Crippen molar-refractivity contribution < 1.29 is 18.3 Å². The molecular formula is C14H20F2N2O2S. The van der Waals surface area contributed by atoms with Crippen molar-refractivity contribution in [3.8, 4) is 5.75 Å².